The number of rotatable bonds is 7. The van der Waals surface area contributed by atoms with Crippen molar-refractivity contribution >= 4 is 28.9 Å². The van der Waals surface area contributed by atoms with Gasteiger partial charge in [0.05, 0.1) is 18.1 Å². The van der Waals surface area contributed by atoms with Gasteiger partial charge in [-0.1, -0.05) is 11.6 Å². The molecule has 0 aliphatic carbocycles. The van der Waals surface area contributed by atoms with E-state index in [1.165, 1.54) is 18.2 Å². The molecule has 2 aromatic rings. The summed E-state index contributed by atoms with van der Waals surface area (Å²) in [6.07, 6.45) is 0. The van der Waals surface area contributed by atoms with E-state index in [4.69, 9.17) is 21.1 Å². The number of hydrogen-bond donors (Lipinski definition) is 1. The van der Waals surface area contributed by atoms with E-state index in [0.29, 0.717) is 30.3 Å². The molecule has 0 atom stereocenters. The fourth-order valence-electron chi connectivity index (χ4n) is 2.13. The predicted molar refractivity (Wildman–Crippen MR) is 94.8 cm³/mol. The largest absolute Gasteiger partial charge is 0.490 e. The number of benzene rings is 2. The first-order chi connectivity index (χ1) is 12.0. The van der Waals surface area contributed by atoms with Gasteiger partial charge in [0.15, 0.2) is 11.5 Å². The Morgan fingerprint density at radius 3 is 2.44 bits per heavy atom. The molecule has 0 unspecified atom stereocenters. The van der Waals surface area contributed by atoms with E-state index in [2.05, 4.69) is 5.32 Å². The van der Waals surface area contributed by atoms with Crippen LogP contribution in [-0.2, 0) is 0 Å². The highest BCUT2D eigenvalue weighted by Crippen LogP contribution is 2.30. The fourth-order valence-corrected chi connectivity index (χ4v) is 2.31. The second kappa shape index (κ2) is 8.34. The minimum atomic E-state index is -0.609. The molecule has 0 aliphatic heterocycles. The van der Waals surface area contributed by atoms with Crippen molar-refractivity contribution in [2.75, 3.05) is 18.5 Å². The molecule has 0 saturated carbocycles. The van der Waals surface area contributed by atoms with Crippen molar-refractivity contribution in [3.63, 3.8) is 0 Å². The number of hydrogen-bond acceptors (Lipinski definition) is 5. The Hall–Kier alpha value is -2.80. The van der Waals surface area contributed by atoms with E-state index >= 15 is 0 Å². The standard InChI is InChI=1S/C17H17ClN2O5/c1-3-24-15-8-5-11(9-16(15)25-4-2)17(21)19-12-6-7-13(18)14(10-12)20(22)23/h5-10H,3-4H2,1-2H3,(H,19,21). The molecule has 25 heavy (non-hydrogen) atoms. The summed E-state index contributed by atoms with van der Waals surface area (Å²) in [6.45, 7) is 4.58. The van der Waals surface area contributed by atoms with Crippen molar-refractivity contribution in [1.29, 1.82) is 0 Å². The number of nitro groups is 1. The van der Waals surface area contributed by atoms with Gasteiger partial charge < -0.3 is 14.8 Å². The quantitative estimate of drug-likeness (QED) is 0.584. The molecule has 0 aliphatic rings. The van der Waals surface area contributed by atoms with Gasteiger partial charge in [-0.3, -0.25) is 14.9 Å². The number of carbonyl (C=O) groups excluding carboxylic acids is 1. The summed E-state index contributed by atoms with van der Waals surface area (Å²) < 4.78 is 10.9. The van der Waals surface area contributed by atoms with E-state index in [9.17, 15) is 14.9 Å². The van der Waals surface area contributed by atoms with Gasteiger partial charge >= 0.3 is 0 Å². The number of carbonyl (C=O) groups is 1. The van der Waals surface area contributed by atoms with Gasteiger partial charge in [0.2, 0.25) is 0 Å². The number of nitro benzene ring substituents is 1. The van der Waals surface area contributed by atoms with Crippen molar-refractivity contribution in [1.82, 2.24) is 0 Å². The number of ether oxygens (including phenoxy) is 2. The first-order valence-electron chi connectivity index (χ1n) is 7.61. The monoisotopic (exact) mass is 364 g/mol. The molecule has 0 radical (unpaired) electrons. The molecule has 0 saturated heterocycles. The highest BCUT2D eigenvalue weighted by atomic mass is 35.5. The molecule has 1 amide bonds. The van der Waals surface area contributed by atoms with Crippen LogP contribution in [0.15, 0.2) is 36.4 Å². The van der Waals surface area contributed by atoms with Gasteiger partial charge in [0.1, 0.15) is 5.02 Å². The zero-order chi connectivity index (χ0) is 18.4. The molecule has 0 heterocycles. The van der Waals surface area contributed by atoms with Crippen molar-refractivity contribution in [2.24, 2.45) is 0 Å². The van der Waals surface area contributed by atoms with Crippen LogP contribution in [0.5, 0.6) is 11.5 Å². The Morgan fingerprint density at radius 2 is 1.80 bits per heavy atom. The molecule has 0 aromatic heterocycles. The van der Waals surface area contributed by atoms with Gasteiger partial charge in [-0.05, 0) is 44.2 Å². The lowest BCUT2D eigenvalue weighted by Crippen LogP contribution is -2.12. The van der Waals surface area contributed by atoms with Crippen molar-refractivity contribution < 1.29 is 19.2 Å². The smallest absolute Gasteiger partial charge is 0.289 e. The summed E-state index contributed by atoms with van der Waals surface area (Å²) in [4.78, 5) is 22.7. The third-order valence-electron chi connectivity index (χ3n) is 3.21. The van der Waals surface area contributed by atoms with Crippen LogP contribution in [-0.4, -0.2) is 24.0 Å². The molecular weight excluding hydrogens is 348 g/mol. The topological polar surface area (TPSA) is 90.7 Å². The molecular formula is C17H17ClN2O5. The minimum absolute atomic E-state index is 0.00250. The molecule has 2 aromatic carbocycles. The van der Waals surface area contributed by atoms with E-state index in [1.807, 2.05) is 13.8 Å². The number of nitrogens with zero attached hydrogens (tertiary/aromatic N) is 1. The van der Waals surface area contributed by atoms with Crippen LogP contribution in [0.4, 0.5) is 11.4 Å². The molecule has 7 nitrogen and oxygen atoms in total. The summed E-state index contributed by atoms with van der Waals surface area (Å²) >= 11 is 5.76. The lowest BCUT2D eigenvalue weighted by atomic mass is 10.1. The molecule has 132 valence electrons. The summed E-state index contributed by atoms with van der Waals surface area (Å²) in [7, 11) is 0. The number of nitrogens with one attached hydrogen (secondary N) is 1. The predicted octanol–water partition coefficient (Wildman–Crippen LogP) is 4.30. The molecule has 0 bridgehead atoms. The normalized spacial score (nSPS) is 10.2. The molecule has 2 rings (SSSR count). The molecule has 0 fully saturated rings. The van der Waals surface area contributed by atoms with Crippen LogP contribution < -0.4 is 14.8 Å². The Morgan fingerprint density at radius 1 is 1.12 bits per heavy atom. The number of anilines is 1. The SMILES string of the molecule is CCOc1ccc(C(=O)Nc2ccc(Cl)c([N+](=O)[O-])c2)cc1OCC. The highest BCUT2D eigenvalue weighted by molar-refractivity contribution is 6.32. The first kappa shape index (κ1) is 18.5. The van der Waals surface area contributed by atoms with Crippen molar-refractivity contribution in [3.05, 3.63) is 57.1 Å². The molecule has 0 spiro atoms. The third-order valence-corrected chi connectivity index (χ3v) is 3.53. The number of amides is 1. The Balaban J connectivity index is 2.24. The highest BCUT2D eigenvalue weighted by Gasteiger charge is 2.16. The van der Waals surface area contributed by atoms with Crippen LogP contribution in [0.3, 0.4) is 0 Å². The van der Waals surface area contributed by atoms with Crippen molar-refractivity contribution in [2.45, 2.75) is 13.8 Å². The van der Waals surface area contributed by atoms with Crippen LogP contribution >= 0.6 is 11.6 Å². The Bertz CT molecular complexity index is 795. The molecule has 8 heteroatoms. The lowest BCUT2D eigenvalue weighted by Gasteiger charge is -2.12. The second-order valence-electron chi connectivity index (χ2n) is 4.90. The summed E-state index contributed by atoms with van der Waals surface area (Å²) in [5.74, 6) is 0.572. The van der Waals surface area contributed by atoms with Crippen LogP contribution in [0.1, 0.15) is 24.2 Å². The Labute approximate surface area is 149 Å². The summed E-state index contributed by atoms with van der Waals surface area (Å²) in [5.41, 5.74) is 0.332. The van der Waals surface area contributed by atoms with E-state index < -0.39 is 10.8 Å². The van der Waals surface area contributed by atoms with E-state index in [-0.39, 0.29) is 16.4 Å². The first-order valence-corrected chi connectivity index (χ1v) is 7.99. The minimum Gasteiger partial charge on any atom is -0.490 e. The van der Waals surface area contributed by atoms with Crippen molar-refractivity contribution in [3.8, 4) is 11.5 Å². The van der Waals surface area contributed by atoms with Gasteiger partial charge in [-0.15, -0.1) is 0 Å². The Kier molecular flexibility index (Phi) is 6.19. The van der Waals surface area contributed by atoms with Gasteiger partial charge in [0, 0.05) is 17.3 Å². The summed E-state index contributed by atoms with van der Waals surface area (Å²) in [6, 6.07) is 8.86. The maximum atomic E-state index is 12.4. The van der Waals surface area contributed by atoms with E-state index in [1.54, 1.807) is 18.2 Å². The average molecular weight is 365 g/mol. The van der Waals surface area contributed by atoms with E-state index in [0.717, 1.165) is 0 Å². The van der Waals surface area contributed by atoms with Crippen LogP contribution in [0.2, 0.25) is 5.02 Å². The maximum absolute atomic E-state index is 12.4. The van der Waals surface area contributed by atoms with Gasteiger partial charge in [-0.25, -0.2) is 0 Å². The van der Waals surface area contributed by atoms with Crippen LogP contribution in [0, 0.1) is 10.1 Å². The molecule has 1 N–H and O–H groups in total. The fraction of sp³-hybridized carbons (Fsp3) is 0.235. The maximum Gasteiger partial charge on any atom is 0.289 e. The van der Waals surface area contributed by atoms with Crippen LogP contribution in [0.25, 0.3) is 0 Å². The van der Waals surface area contributed by atoms with Gasteiger partial charge in [0.25, 0.3) is 11.6 Å². The summed E-state index contributed by atoms with van der Waals surface area (Å²) in [5, 5.41) is 13.5. The zero-order valence-corrected chi connectivity index (χ0v) is 14.5. The second-order valence-corrected chi connectivity index (χ2v) is 5.31. The zero-order valence-electron chi connectivity index (χ0n) is 13.7. The lowest BCUT2D eigenvalue weighted by molar-refractivity contribution is -0.384. The number of halogens is 1. The third kappa shape index (κ3) is 4.60. The average Bonchev–Trinajstić information content (AvgIpc) is 2.58. The van der Waals surface area contributed by atoms with Gasteiger partial charge in [-0.2, -0.15) is 0 Å².